The summed E-state index contributed by atoms with van der Waals surface area (Å²) in [5.74, 6) is -0.367. The van der Waals surface area contributed by atoms with E-state index in [1.54, 1.807) is 17.0 Å². The molecule has 0 radical (unpaired) electrons. The van der Waals surface area contributed by atoms with Gasteiger partial charge in [0.05, 0.1) is 10.0 Å². The van der Waals surface area contributed by atoms with Gasteiger partial charge in [-0.05, 0) is 47.2 Å². The summed E-state index contributed by atoms with van der Waals surface area (Å²) in [6.07, 6.45) is 5.97. The minimum atomic E-state index is -0.696. The summed E-state index contributed by atoms with van der Waals surface area (Å²) in [6, 6.07) is 35.0. The molecule has 0 aromatic heterocycles. The number of nitrogens with one attached hydrogen (secondary N) is 1. The first-order valence-electron chi connectivity index (χ1n) is 15.2. The maximum atomic E-state index is 14.6. The van der Waals surface area contributed by atoms with Crippen LogP contribution in [0, 0.1) is 0 Å². The number of nitrogens with zero attached hydrogens (tertiary/aromatic N) is 1. The van der Waals surface area contributed by atoms with Crippen LogP contribution in [-0.4, -0.2) is 28.8 Å². The molecule has 222 valence electrons. The molecule has 2 amide bonds. The Morgan fingerprint density at radius 2 is 1.30 bits per heavy atom. The van der Waals surface area contributed by atoms with Crippen molar-refractivity contribution in [3.05, 3.63) is 141 Å². The molecule has 0 unspecified atom stereocenters. The molecule has 6 heteroatoms. The van der Waals surface area contributed by atoms with E-state index in [1.165, 1.54) is 6.42 Å². The van der Waals surface area contributed by atoms with Gasteiger partial charge in [0.2, 0.25) is 11.8 Å². The van der Waals surface area contributed by atoms with E-state index in [2.05, 4.69) is 29.6 Å². The highest BCUT2D eigenvalue weighted by Gasteiger charge is 2.33. The van der Waals surface area contributed by atoms with Crippen molar-refractivity contribution in [3.8, 4) is 0 Å². The molecule has 1 aliphatic rings. The number of carbonyl (C=O) groups is 2. The number of halogens is 2. The smallest absolute Gasteiger partial charge is 0.243 e. The zero-order valence-electron chi connectivity index (χ0n) is 24.3. The normalized spacial score (nSPS) is 14.3. The van der Waals surface area contributed by atoms with Gasteiger partial charge in [0, 0.05) is 31.3 Å². The first kappa shape index (κ1) is 30.8. The van der Waals surface area contributed by atoms with Crippen LogP contribution >= 0.6 is 23.2 Å². The van der Waals surface area contributed by atoms with Gasteiger partial charge in [-0.2, -0.15) is 0 Å². The lowest BCUT2D eigenvalue weighted by atomic mass is 9.87. The average Bonchev–Trinajstić information content (AvgIpc) is 3.05. The molecule has 5 rings (SSSR count). The quantitative estimate of drug-likeness (QED) is 0.184. The van der Waals surface area contributed by atoms with Gasteiger partial charge in [-0.15, -0.1) is 0 Å². The summed E-state index contributed by atoms with van der Waals surface area (Å²) in [5.41, 5.74) is 3.94. The fraction of sp³-hybridized carbons (Fsp3) is 0.297. The molecule has 1 aliphatic carbocycles. The zero-order valence-corrected chi connectivity index (χ0v) is 25.8. The molecule has 4 nitrogen and oxygen atoms in total. The standard InChI is InChI=1S/C37H38Cl2N2O2/c38-33-22-21-28(23-34(33)39)26-41(36(42)25-32(29-15-7-2-8-16-29)30-17-9-3-10-18-30)35(24-27-13-5-1-6-14-27)37(43)40-31-19-11-4-12-20-31/h1-3,5-10,13-18,21-23,31-32,35H,4,11-12,19-20,24-26H2,(H,40,43)/t35-/m1/s1. The van der Waals surface area contributed by atoms with E-state index < -0.39 is 6.04 Å². The van der Waals surface area contributed by atoms with Gasteiger partial charge in [-0.25, -0.2) is 0 Å². The molecule has 4 aromatic carbocycles. The van der Waals surface area contributed by atoms with Crippen molar-refractivity contribution in [3.63, 3.8) is 0 Å². The third kappa shape index (κ3) is 8.49. The molecular formula is C37H38Cl2N2O2. The number of hydrogen-bond acceptors (Lipinski definition) is 2. The summed E-state index contributed by atoms with van der Waals surface area (Å²) in [6.45, 7) is 0.238. The van der Waals surface area contributed by atoms with E-state index in [-0.39, 0.29) is 36.7 Å². The van der Waals surface area contributed by atoms with E-state index in [0.717, 1.165) is 47.9 Å². The van der Waals surface area contributed by atoms with E-state index in [9.17, 15) is 9.59 Å². The van der Waals surface area contributed by atoms with Crippen molar-refractivity contribution >= 4 is 35.0 Å². The number of benzene rings is 4. The van der Waals surface area contributed by atoms with Crippen molar-refractivity contribution in [2.24, 2.45) is 0 Å². The second-order valence-corrected chi connectivity index (χ2v) is 12.2. The second-order valence-electron chi connectivity index (χ2n) is 11.4. The summed E-state index contributed by atoms with van der Waals surface area (Å²) >= 11 is 12.6. The maximum Gasteiger partial charge on any atom is 0.243 e. The van der Waals surface area contributed by atoms with Crippen LogP contribution in [0.5, 0.6) is 0 Å². The van der Waals surface area contributed by atoms with E-state index >= 15 is 0 Å². The maximum absolute atomic E-state index is 14.6. The number of hydrogen-bond donors (Lipinski definition) is 1. The Bertz CT molecular complexity index is 1440. The SMILES string of the molecule is O=C(NC1CCCCC1)[C@@H](Cc1ccccc1)N(Cc1ccc(Cl)c(Cl)c1)C(=O)CC(c1ccccc1)c1ccccc1. The fourth-order valence-electron chi connectivity index (χ4n) is 6.02. The van der Waals surface area contributed by atoms with Gasteiger partial charge in [0.1, 0.15) is 6.04 Å². The predicted molar refractivity (Wildman–Crippen MR) is 175 cm³/mol. The van der Waals surface area contributed by atoms with Crippen LogP contribution in [0.4, 0.5) is 0 Å². The Labute approximate surface area is 265 Å². The van der Waals surface area contributed by atoms with Crippen LogP contribution in [0.3, 0.4) is 0 Å². The monoisotopic (exact) mass is 612 g/mol. The van der Waals surface area contributed by atoms with Gasteiger partial charge in [-0.1, -0.05) is 140 Å². The molecule has 1 atom stereocenters. The third-order valence-electron chi connectivity index (χ3n) is 8.34. The van der Waals surface area contributed by atoms with Gasteiger partial charge in [-0.3, -0.25) is 9.59 Å². The minimum Gasteiger partial charge on any atom is -0.352 e. The van der Waals surface area contributed by atoms with Gasteiger partial charge in [0.25, 0.3) is 0 Å². The van der Waals surface area contributed by atoms with Crippen molar-refractivity contribution in [1.29, 1.82) is 0 Å². The number of amides is 2. The molecule has 0 bridgehead atoms. The highest BCUT2D eigenvalue weighted by atomic mass is 35.5. The molecule has 1 N–H and O–H groups in total. The molecule has 0 heterocycles. The zero-order chi connectivity index (χ0) is 30.0. The lowest BCUT2D eigenvalue weighted by molar-refractivity contribution is -0.141. The van der Waals surface area contributed by atoms with Crippen LogP contribution in [0.15, 0.2) is 109 Å². The summed E-state index contributed by atoms with van der Waals surface area (Å²) < 4.78 is 0. The van der Waals surface area contributed by atoms with Crippen LogP contribution in [-0.2, 0) is 22.6 Å². The number of carbonyl (C=O) groups excluding carboxylic acids is 2. The van der Waals surface area contributed by atoms with Crippen LogP contribution < -0.4 is 5.32 Å². The van der Waals surface area contributed by atoms with Gasteiger partial charge < -0.3 is 10.2 Å². The van der Waals surface area contributed by atoms with Crippen LogP contribution in [0.1, 0.15) is 66.7 Å². The predicted octanol–water partition coefficient (Wildman–Crippen LogP) is 8.60. The van der Waals surface area contributed by atoms with Crippen molar-refractivity contribution in [1.82, 2.24) is 10.2 Å². The van der Waals surface area contributed by atoms with E-state index in [0.29, 0.717) is 16.5 Å². The molecule has 0 saturated heterocycles. The summed E-state index contributed by atoms with van der Waals surface area (Å²) in [5, 5.41) is 4.19. The molecule has 43 heavy (non-hydrogen) atoms. The molecule has 4 aromatic rings. The third-order valence-corrected chi connectivity index (χ3v) is 9.08. The molecule has 0 aliphatic heterocycles. The number of rotatable bonds is 11. The average molecular weight is 614 g/mol. The summed E-state index contributed by atoms with van der Waals surface area (Å²) in [4.78, 5) is 30.5. The highest BCUT2D eigenvalue weighted by Crippen LogP contribution is 2.31. The minimum absolute atomic E-state index is 0.0940. The lowest BCUT2D eigenvalue weighted by Gasteiger charge is -2.34. The topological polar surface area (TPSA) is 49.4 Å². The Balaban J connectivity index is 1.52. The highest BCUT2D eigenvalue weighted by molar-refractivity contribution is 6.42. The Hall–Kier alpha value is -3.60. The first-order valence-corrected chi connectivity index (χ1v) is 15.9. The first-order chi connectivity index (χ1) is 21.0. The van der Waals surface area contributed by atoms with Crippen molar-refractivity contribution in [2.75, 3.05) is 0 Å². The molecular weight excluding hydrogens is 575 g/mol. The van der Waals surface area contributed by atoms with E-state index in [1.807, 2.05) is 72.8 Å². The van der Waals surface area contributed by atoms with Crippen molar-refractivity contribution < 1.29 is 9.59 Å². The summed E-state index contributed by atoms with van der Waals surface area (Å²) in [7, 11) is 0. The lowest BCUT2D eigenvalue weighted by Crippen LogP contribution is -2.53. The fourth-order valence-corrected chi connectivity index (χ4v) is 6.34. The molecule has 1 saturated carbocycles. The Kier molecular flexibility index (Phi) is 10.9. The second kappa shape index (κ2) is 15.2. The van der Waals surface area contributed by atoms with Gasteiger partial charge >= 0.3 is 0 Å². The molecule has 1 fully saturated rings. The Morgan fingerprint density at radius 3 is 1.88 bits per heavy atom. The van der Waals surface area contributed by atoms with Crippen LogP contribution in [0.25, 0.3) is 0 Å². The Morgan fingerprint density at radius 1 is 0.721 bits per heavy atom. The molecule has 0 spiro atoms. The largest absolute Gasteiger partial charge is 0.352 e. The van der Waals surface area contributed by atoms with Crippen molar-refractivity contribution in [2.45, 2.75) is 69.5 Å². The van der Waals surface area contributed by atoms with E-state index in [4.69, 9.17) is 23.2 Å². The van der Waals surface area contributed by atoms with Gasteiger partial charge in [0.15, 0.2) is 0 Å². The van der Waals surface area contributed by atoms with Crippen LogP contribution in [0.2, 0.25) is 10.0 Å².